The predicted molar refractivity (Wildman–Crippen MR) is 86.4 cm³/mol. The molecule has 0 amide bonds. The van der Waals surface area contributed by atoms with E-state index in [4.69, 9.17) is 4.98 Å². The predicted octanol–water partition coefficient (Wildman–Crippen LogP) is 3.42. The highest BCUT2D eigenvalue weighted by molar-refractivity contribution is 5.41. The number of anilines is 1. The zero-order valence-corrected chi connectivity index (χ0v) is 13.6. The molecule has 1 saturated heterocycles. The lowest BCUT2D eigenvalue weighted by Gasteiger charge is -2.34. The van der Waals surface area contributed by atoms with Crippen LogP contribution in [0.1, 0.15) is 52.5 Å². The summed E-state index contributed by atoms with van der Waals surface area (Å²) < 4.78 is 0. The summed E-state index contributed by atoms with van der Waals surface area (Å²) in [4.78, 5) is 7.08. The molecule has 3 heteroatoms. The third kappa shape index (κ3) is 3.32. The van der Waals surface area contributed by atoms with Gasteiger partial charge in [-0.25, -0.2) is 4.98 Å². The molecule has 1 aliphatic rings. The normalized spacial score (nSPS) is 21.9. The van der Waals surface area contributed by atoms with Crippen LogP contribution in [0.25, 0.3) is 0 Å². The molecule has 20 heavy (non-hydrogen) atoms. The Balaban J connectivity index is 2.10. The van der Waals surface area contributed by atoms with Crippen molar-refractivity contribution in [3.63, 3.8) is 0 Å². The molecule has 3 nitrogen and oxygen atoms in total. The van der Waals surface area contributed by atoms with E-state index in [1.54, 1.807) is 0 Å². The van der Waals surface area contributed by atoms with Gasteiger partial charge in [0, 0.05) is 31.9 Å². The maximum Gasteiger partial charge on any atom is 0.128 e. The minimum Gasteiger partial charge on any atom is -0.354 e. The Kier molecular flexibility index (Phi) is 4.69. The molecule has 0 radical (unpaired) electrons. The molecular formula is C17H29N3. The fraction of sp³-hybridized carbons (Fsp3) is 0.706. The first-order chi connectivity index (χ1) is 9.44. The quantitative estimate of drug-likeness (QED) is 0.912. The molecule has 2 atom stereocenters. The van der Waals surface area contributed by atoms with Crippen molar-refractivity contribution >= 4 is 5.82 Å². The van der Waals surface area contributed by atoms with Gasteiger partial charge in [0.15, 0.2) is 0 Å². The van der Waals surface area contributed by atoms with E-state index in [2.05, 4.69) is 63.2 Å². The zero-order chi connectivity index (χ0) is 14.8. The molecular weight excluding hydrogens is 246 g/mol. The van der Waals surface area contributed by atoms with Gasteiger partial charge in [-0.05, 0) is 29.9 Å². The first-order valence-electron chi connectivity index (χ1n) is 7.88. The van der Waals surface area contributed by atoms with Gasteiger partial charge >= 0.3 is 0 Å². The minimum atomic E-state index is 0.326. The summed E-state index contributed by atoms with van der Waals surface area (Å²) >= 11 is 0. The van der Waals surface area contributed by atoms with Crippen molar-refractivity contribution in [1.29, 1.82) is 0 Å². The summed E-state index contributed by atoms with van der Waals surface area (Å²) in [5, 5.41) is 3.47. The van der Waals surface area contributed by atoms with Gasteiger partial charge in [-0.15, -0.1) is 0 Å². The molecule has 1 fully saturated rings. The lowest BCUT2D eigenvalue weighted by Crippen LogP contribution is -2.49. The highest BCUT2D eigenvalue weighted by Gasteiger charge is 2.25. The third-order valence-corrected chi connectivity index (χ3v) is 5.05. The Morgan fingerprint density at radius 3 is 2.75 bits per heavy atom. The van der Waals surface area contributed by atoms with E-state index in [0.717, 1.165) is 25.5 Å². The topological polar surface area (TPSA) is 28.2 Å². The number of aromatic nitrogens is 1. The fourth-order valence-corrected chi connectivity index (χ4v) is 2.74. The molecule has 0 aromatic carbocycles. The lowest BCUT2D eigenvalue weighted by molar-refractivity contribution is 0.288. The van der Waals surface area contributed by atoms with Gasteiger partial charge in [-0.1, -0.05) is 40.2 Å². The zero-order valence-electron chi connectivity index (χ0n) is 13.6. The van der Waals surface area contributed by atoms with E-state index < -0.39 is 0 Å². The Morgan fingerprint density at radius 2 is 2.20 bits per heavy atom. The molecule has 1 N–H and O–H groups in total. The average Bonchev–Trinajstić information content (AvgIpc) is 2.46. The van der Waals surface area contributed by atoms with Crippen molar-refractivity contribution in [2.75, 3.05) is 24.5 Å². The average molecular weight is 275 g/mol. The number of nitrogens with one attached hydrogen (secondary N) is 1. The van der Waals surface area contributed by atoms with Gasteiger partial charge in [-0.3, -0.25) is 0 Å². The van der Waals surface area contributed by atoms with Crippen molar-refractivity contribution in [3.05, 3.63) is 23.9 Å². The van der Waals surface area contributed by atoms with Gasteiger partial charge in [-0.2, -0.15) is 0 Å². The van der Waals surface area contributed by atoms with Crippen LogP contribution in [0.15, 0.2) is 18.3 Å². The molecule has 1 aromatic heterocycles. The van der Waals surface area contributed by atoms with E-state index >= 15 is 0 Å². The number of rotatable bonds is 4. The molecule has 2 heterocycles. The van der Waals surface area contributed by atoms with E-state index in [9.17, 15) is 0 Å². The van der Waals surface area contributed by atoms with E-state index in [0.29, 0.717) is 17.4 Å². The second-order valence-electron chi connectivity index (χ2n) is 6.81. The van der Waals surface area contributed by atoms with Gasteiger partial charge in [0.05, 0.1) is 0 Å². The molecule has 2 rings (SSSR count). The molecule has 0 saturated carbocycles. The standard InChI is InChI=1S/C17H29N3/c1-6-17(4,5)14(3)15-7-8-16(19-11-15)20-10-9-18-13(2)12-20/h7-8,11,13-14,18H,6,9-10,12H2,1-5H3/t13-,14-/m1/s1. The first kappa shape index (κ1) is 15.3. The van der Waals surface area contributed by atoms with Crippen LogP contribution in [0, 0.1) is 5.41 Å². The van der Waals surface area contributed by atoms with Crippen molar-refractivity contribution < 1.29 is 0 Å². The number of nitrogens with zero attached hydrogens (tertiary/aromatic N) is 2. The smallest absolute Gasteiger partial charge is 0.128 e. The third-order valence-electron chi connectivity index (χ3n) is 5.05. The molecule has 0 spiro atoms. The second kappa shape index (κ2) is 6.13. The van der Waals surface area contributed by atoms with Crippen LogP contribution in [0.4, 0.5) is 5.82 Å². The molecule has 0 bridgehead atoms. The van der Waals surface area contributed by atoms with E-state index in [1.165, 1.54) is 12.0 Å². The van der Waals surface area contributed by atoms with Crippen LogP contribution in [-0.4, -0.2) is 30.7 Å². The molecule has 0 aliphatic carbocycles. The Morgan fingerprint density at radius 1 is 1.45 bits per heavy atom. The Hall–Kier alpha value is -1.09. The number of piperazine rings is 1. The summed E-state index contributed by atoms with van der Waals surface area (Å²) in [7, 11) is 0. The summed E-state index contributed by atoms with van der Waals surface area (Å²) in [5.41, 5.74) is 1.68. The summed E-state index contributed by atoms with van der Waals surface area (Å²) in [5.74, 6) is 1.65. The Bertz CT molecular complexity index is 424. The highest BCUT2D eigenvalue weighted by Crippen LogP contribution is 2.37. The van der Waals surface area contributed by atoms with Crippen molar-refractivity contribution in [3.8, 4) is 0 Å². The van der Waals surface area contributed by atoms with Crippen molar-refractivity contribution in [1.82, 2.24) is 10.3 Å². The largest absolute Gasteiger partial charge is 0.354 e. The van der Waals surface area contributed by atoms with Crippen LogP contribution in [-0.2, 0) is 0 Å². The maximum absolute atomic E-state index is 4.70. The van der Waals surface area contributed by atoms with Crippen molar-refractivity contribution in [2.45, 2.75) is 53.0 Å². The molecule has 1 aromatic rings. The van der Waals surface area contributed by atoms with Crippen molar-refractivity contribution in [2.24, 2.45) is 5.41 Å². The van der Waals surface area contributed by atoms with Gasteiger partial charge in [0.25, 0.3) is 0 Å². The monoisotopic (exact) mass is 275 g/mol. The van der Waals surface area contributed by atoms with Gasteiger partial charge in [0.1, 0.15) is 5.82 Å². The summed E-state index contributed by atoms with van der Waals surface area (Å²) in [6.45, 7) is 14.6. The maximum atomic E-state index is 4.70. The van der Waals surface area contributed by atoms with Gasteiger partial charge in [0.2, 0.25) is 0 Å². The number of pyridine rings is 1. The molecule has 0 unspecified atom stereocenters. The SMILES string of the molecule is CCC(C)(C)[C@H](C)c1ccc(N2CCN[C@H](C)C2)nc1. The number of hydrogen-bond acceptors (Lipinski definition) is 3. The van der Waals surface area contributed by atoms with Crippen LogP contribution >= 0.6 is 0 Å². The second-order valence-corrected chi connectivity index (χ2v) is 6.81. The fourth-order valence-electron chi connectivity index (χ4n) is 2.74. The van der Waals surface area contributed by atoms with E-state index in [1.807, 2.05) is 0 Å². The van der Waals surface area contributed by atoms with Crippen LogP contribution in [0.2, 0.25) is 0 Å². The molecule has 112 valence electrons. The summed E-state index contributed by atoms with van der Waals surface area (Å²) in [6.07, 6.45) is 3.26. The van der Waals surface area contributed by atoms with Gasteiger partial charge < -0.3 is 10.2 Å². The Labute approximate surface area is 123 Å². The molecule has 1 aliphatic heterocycles. The summed E-state index contributed by atoms with van der Waals surface area (Å²) in [6, 6.07) is 5.00. The minimum absolute atomic E-state index is 0.326. The van der Waals surface area contributed by atoms with Crippen LogP contribution in [0.3, 0.4) is 0 Å². The van der Waals surface area contributed by atoms with Crippen LogP contribution < -0.4 is 10.2 Å². The highest BCUT2D eigenvalue weighted by atomic mass is 15.2. The van der Waals surface area contributed by atoms with Crippen LogP contribution in [0.5, 0.6) is 0 Å². The lowest BCUT2D eigenvalue weighted by atomic mass is 9.75. The first-order valence-corrected chi connectivity index (χ1v) is 7.88. The number of hydrogen-bond donors (Lipinski definition) is 1. The van der Waals surface area contributed by atoms with E-state index in [-0.39, 0.29) is 0 Å².